The maximum absolute atomic E-state index is 12.4. The Hall–Kier alpha value is -2.18. The predicted octanol–water partition coefficient (Wildman–Crippen LogP) is 3.89. The first kappa shape index (κ1) is 18.6. The van der Waals surface area contributed by atoms with E-state index in [4.69, 9.17) is 0 Å². The van der Waals surface area contributed by atoms with Gasteiger partial charge in [0.25, 0.3) is 5.91 Å². The van der Waals surface area contributed by atoms with Crippen LogP contribution in [0.3, 0.4) is 0 Å². The SMILES string of the molecule is CCC(C)c1ccc(NC(=O)c2ccc(S(=O)(=O)NC3CC3)cc2)cc1. The lowest BCUT2D eigenvalue weighted by molar-refractivity contribution is 0.102. The third kappa shape index (κ3) is 4.51. The average Bonchev–Trinajstić information content (AvgIpc) is 3.45. The average molecular weight is 372 g/mol. The van der Waals surface area contributed by atoms with E-state index in [-0.39, 0.29) is 16.8 Å². The van der Waals surface area contributed by atoms with Crippen molar-refractivity contribution >= 4 is 21.6 Å². The number of anilines is 1. The molecule has 6 heteroatoms. The number of hydrogen-bond donors (Lipinski definition) is 2. The molecular weight excluding hydrogens is 348 g/mol. The van der Waals surface area contributed by atoms with E-state index in [1.54, 1.807) is 0 Å². The minimum absolute atomic E-state index is 0.0568. The monoisotopic (exact) mass is 372 g/mol. The third-order valence-corrected chi connectivity index (χ3v) is 6.21. The van der Waals surface area contributed by atoms with Gasteiger partial charge in [0, 0.05) is 17.3 Å². The van der Waals surface area contributed by atoms with Crippen LogP contribution in [0, 0.1) is 0 Å². The zero-order valence-corrected chi connectivity index (χ0v) is 15.8. The van der Waals surface area contributed by atoms with Gasteiger partial charge in [0.15, 0.2) is 0 Å². The molecule has 0 heterocycles. The van der Waals surface area contributed by atoms with Gasteiger partial charge in [-0.25, -0.2) is 13.1 Å². The van der Waals surface area contributed by atoms with Gasteiger partial charge in [-0.2, -0.15) is 0 Å². The van der Waals surface area contributed by atoms with Crippen molar-refractivity contribution in [2.24, 2.45) is 0 Å². The third-order valence-electron chi connectivity index (χ3n) is 4.68. The van der Waals surface area contributed by atoms with Crippen LogP contribution < -0.4 is 10.0 Å². The van der Waals surface area contributed by atoms with Crippen LogP contribution in [0.2, 0.25) is 0 Å². The van der Waals surface area contributed by atoms with E-state index in [0.29, 0.717) is 17.2 Å². The van der Waals surface area contributed by atoms with E-state index in [0.717, 1.165) is 19.3 Å². The van der Waals surface area contributed by atoms with Crippen LogP contribution in [0.4, 0.5) is 5.69 Å². The van der Waals surface area contributed by atoms with Gasteiger partial charge >= 0.3 is 0 Å². The summed E-state index contributed by atoms with van der Waals surface area (Å²) in [6.45, 7) is 4.31. The molecule has 0 saturated heterocycles. The molecule has 2 aromatic rings. The van der Waals surface area contributed by atoms with Crippen LogP contribution in [0.15, 0.2) is 53.4 Å². The standard InChI is InChI=1S/C20H24N2O3S/c1-3-14(2)15-4-8-17(9-5-15)21-20(23)16-6-12-19(13-7-16)26(24,25)22-18-10-11-18/h4-9,12-14,18,22H,3,10-11H2,1-2H3,(H,21,23). The van der Waals surface area contributed by atoms with Gasteiger partial charge in [-0.15, -0.1) is 0 Å². The molecule has 0 spiro atoms. The number of hydrogen-bond acceptors (Lipinski definition) is 3. The molecule has 26 heavy (non-hydrogen) atoms. The van der Waals surface area contributed by atoms with Crippen LogP contribution in [-0.2, 0) is 10.0 Å². The Bertz CT molecular complexity index is 870. The van der Waals surface area contributed by atoms with Gasteiger partial charge in [0.2, 0.25) is 10.0 Å². The second kappa shape index (κ2) is 7.60. The number of carbonyl (C=O) groups excluding carboxylic acids is 1. The molecule has 3 rings (SSSR count). The fourth-order valence-electron chi connectivity index (χ4n) is 2.61. The van der Waals surface area contributed by atoms with Crippen LogP contribution in [-0.4, -0.2) is 20.4 Å². The van der Waals surface area contributed by atoms with Crippen molar-refractivity contribution < 1.29 is 13.2 Å². The normalized spacial score (nSPS) is 15.5. The highest BCUT2D eigenvalue weighted by atomic mass is 32.2. The topological polar surface area (TPSA) is 75.3 Å². The molecule has 138 valence electrons. The molecule has 0 aromatic heterocycles. The molecule has 1 saturated carbocycles. The lowest BCUT2D eigenvalue weighted by Crippen LogP contribution is -2.25. The summed E-state index contributed by atoms with van der Waals surface area (Å²) >= 11 is 0. The second-order valence-corrected chi connectivity index (χ2v) is 8.52. The quantitative estimate of drug-likeness (QED) is 0.774. The maximum Gasteiger partial charge on any atom is 0.255 e. The lowest BCUT2D eigenvalue weighted by Gasteiger charge is -2.11. The van der Waals surface area contributed by atoms with E-state index < -0.39 is 10.0 Å². The summed E-state index contributed by atoms with van der Waals surface area (Å²) in [5.74, 6) is 0.221. The molecule has 1 aliphatic carbocycles. The minimum atomic E-state index is -3.50. The summed E-state index contributed by atoms with van der Waals surface area (Å²) in [5, 5.41) is 2.84. The van der Waals surface area contributed by atoms with Crippen molar-refractivity contribution in [3.8, 4) is 0 Å². The summed E-state index contributed by atoms with van der Waals surface area (Å²) in [7, 11) is -3.50. The first-order valence-corrected chi connectivity index (χ1v) is 10.4. The van der Waals surface area contributed by atoms with Crippen LogP contribution >= 0.6 is 0 Å². The summed E-state index contributed by atoms with van der Waals surface area (Å²) in [6, 6.07) is 13.9. The molecule has 2 N–H and O–H groups in total. The number of amides is 1. The van der Waals surface area contributed by atoms with E-state index in [2.05, 4.69) is 23.9 Å². The fourth-order valence-corrected chi connectivity index (χ4v) is 3.91. The first-order chi connectivity index (χ1) is 12.4. The van der Waals surface area contributed by atoms with Crippen molar-refractivity contribution in [3.63, 3.8) is 0 Å². The Balaban J connectivity index is 1.66. The van der Waals surface area contributed by atoms with Gasteiger partial charge in [0.05, 0.1) is 4.90 Å². The van der Waals surface area contributed by atoms with Crippen LogP contribution in [0.25, 0.3) is 0 Å². The zero-order chi connectivity index (χ0) is 18.7. The summed E-state index contributed by atoms with van der Waals surface area (Å²) in [4.78, 5) is 12.5. The Morgan fingerprint density at radius 2 is 1.69 bits per heavy atom. The van der Waals surface area contributed by atoms with E-state index in [1.165, 1.54) is 29.8 Å². The Labute approximate surface area is 154 Å². The molecule has 1 aliphatic rings. The van der Waals surface area contributed by atoms with Gasteiger partial charge in [-0.05, 0) is 67.1 Å². The lowest BCUT2D eigenvalue weighted by atomic mass is 9.98. The number of carbonyl (C=O) groups is 1. The zero-order valence-electron chi connectivity index (χ0n) is 15.0. The first-order valence-electron chi connectivity index (χ1n) is 8.92. The van der Waals surface area contributed by atoms with Crippen LogP contribution in [0.1, 0.15) is 54.9 Å². The molecular formula is C20H24N2O3S. The van der Waals surface area contributed by atoms with Crippen molar-refractivity contribution in [2.45, 2.75) is 50.0 Å². The molecule has 1 atom stereocenters. The number of sulfonamides is 1. The van der Waals surface area contributed by atoms with Crippen molar-refractivity contribution in [1.82, 2.24) is 4.72 Å². The molecule has 2 aromatic carbocycles. The smallest absolute Gasteiger partial charge is 0.255 e. The highest BCUT2D eigenvalue weighted by molar-refractivity contribution is 7.89. The number of rotatable bonds is 7. The molecule has 0 bridgehead atoms. The molecule has 1 fully saturated rings. The Morgan fingerprint density at radius 3 is 2.23 bits per heavy atom. The van der Waals surface area contributed by atoms with E-state index in [1.807, 2.05) is 24.3 Å². The molecule has 5 nitrogen and oxygen atoms in total. The predicted molar refractivity (Wildman–Crippen MR) is 103 cm³/mol. The van der Waals surface area contributed by atoms with Gasteiger partial charge < -0.3 is 5.32 Å². The number of benzene rings is 2. The second-order valence-electron chi connectivity index (χ2n) is 6.81. The molecule has 1 unspecified atom stereocenters. The Kier molecular flexibility index (Phi) is 5.44. The summed E-state index contributed by atoms with van der Waals surface area (Å²) in [6.07, 6.45) is 2.83. The summed E-state index contributed by atoms with van der Waals surface area (Å²) < 4.78 is 26.9. The fraction of sp³-hybridized carbons (Fsp3) is 0.350. The molecule has 0 aliphatic heterocycles. The van der Waals surface area contributed by atoms with Crippen molar-refractivity contribution in [3.05, 3.63) is 59.7 Å². The van der Waals surface area contributed by atoms with Gasteiger partial charge in [0.1, 0.15) is 0 Å². The molecule has 0 radical (unpaired) electrons. The van der Waals surface area contributed by atoms with Gasteiger partial charge in [-0.1, -0.05) is 26.0 Å². The Morgan fingerprint density at radius 1 is 1.08 bits per heavy atom. The van der Waals surface area contributed by atoms with Gasteiger partial charge in [-0.3, -0.25) is 4.79 Å². The minimum Gasteiger partial charge on any atom is -0.322 e. The highest BCUT2D eigenvalue weighted by Crippen LogP contribution is 2.23. The maximum atomic E-state index is 12.4. The molecule has 1 amide bonds. The number of nitrogens with one attached hydrogen (secondary N) is 2. The van der Waals surface area contributed by atoms with E-state index in [9.17, 15) is 13.2 Å². The van der Waals surface area contributed by atoms with E-state index >= 15 is 0 Å². The largest absolute Gasteiger partial charge is 0.322 e. The van der Waals surface area contributed by atoms with Crippen LogP contribution in [0.5, 0.6) is 0 Å². The van der Waals surface area contributed by atoms with Crippen molar-refractivity contribution in [1.29, 1.82) is 0 Å². The highest BCUT2D eigenvalue weighted by Gasteiger charge is 2.27. The summed E-state index contributed by atoms with van der Waals surface area (Å²) in [5.41, 5.74) is 2.37. The van der Waals surface area contributed by atoms with Crippen molar-refractivity contribution in [2.75, 3.05) is 5.32 Å².